The molecule has 0 bridgehead atoms. The molecule has 0 saturated heterocycles. The highest BCUT2D eigenvalue weighted by Gasteiger charge is 2.21. The van der Waals surface area contributed by atoms with Crippen molar-refractivity contribution in [2.24, 2.45) is 0 Å². The number of nitrogens with one attached hydrogen (secondary N) is 1. The van der Waals surface area contributed by atoms with Gasteiger partial charge in [0, 0.05) is 0 Å². The molecule has 0 fully saturated rings. The zero-order valence-corrected chi connectivity index (χ0v) is 13.3. The molecular formula is C17H21NO3S. The Balaban J connectivity index is 2.07. The molecule has 2 rings (SSSR count). The molecule has 22 heavy (non-hydrogen) atoms. The van der Waals surface area contributed by atoms with Gasteiger partial charge in [0.2, 0.25) is 10.0 Å². The molecule has 0 heterocycles. The van der Waals surface area contributed by atoms with Crippen molar-refractivity contribution in [1.82, 2.24) is 4.72 Å². The molecular weight excluding hydrogens is 298 g/mol. The lowest BCUT2D eigenvalue weighted by molar-refractivity contribution is 0.259. The Morgan fingerprint density at radius 3 is 1.95 bits per heavy atom. The Kier molecular flexibility index (Phi) is 5.71. The van der Waals surface area contributed by atoms with Crippen molar-refractivity contribution in [1.29, 1.82) is 0 Å². The molecule has 118 valence electrons. The first-order valence-corrected chi connectivity index (χ1v) is 8.88. The van der Waals surface area contributed by atoms with Gasteiger partial charge in [-0.3, -0.25) is 0 Å². The van der Waals surface area contributed by atoms with Crippen LogP contribution in [-0.2, 0) is 10.0 Å². The van der Waals surface area contributed by atoms with Gasteiger partial charge in [0.1, 0.15) is 0 Å². The summed E-state index contributed by atoms with van der Waals surface area (Å²) in [5.74, 6) is -0.130. The van der Waals surface area contributed by atoms with Crippen LogP contribution in [0.25, 0.3) is 0 Å². The van der Waals surface area contributed by atoms with Crippen LogP contribution in [0.15, 0.2) is 60.7 Å². The first-order valence-electron chi connectivity index (χ1n) is 7.22. The zero-order chi connectivity index (χ0) is 16.0. The van der Waals surface area contributed by atoms with Crippen LogP contribution in [0.5, 0.6) is 0 Å². The number of sulfonamides is 1. The number of benzene rings is 2. The molecule has 2 aromatic rings. The van der Waals surface area contributed by atoms with Gasteiger partial charge in [0.25, 0.3) is 0 Å². The van der Waals surface area contributed by atoms with E-state index in [1.165, 1.54) is 0 Å². The molecule has 0 saturated carbocycles. The topological polar surface area (TPSA) is 66.4 Å². The minimum Gasteiger partial charge on any atom is -0.394 e. The summed E-state index contributed by atoms with van der Waals surface area (Å²) in [4.78, 5) is 0. The van der Waals surface area contributed by atoms with Gasteiger partial charge in [-0.2, -0.15) is 0 Å². The molecule has 2 aromatic carbocycles. The molecule has 5 heteroatoms. The molecule has 0 aliphatic heterocycles. The number of rotatable bonds is 7. The molecule has 0 spiro atoms. The van der Waals surface area contributed by atoms with E-state index in [1.807, 2.05) is 55.5 Å². The molecule has 0 amide bonds. The van der Waals surface area contributed by atoms with E-state index < -0.39 is 16.1 Å². The predicted octanol–water partition coefficient (Wildman–Crippen LogP) is 2.44. The van der Waals surface area contributed by atoms with Crippen LogP contribution in [-0.4, -0.2) is 25.9 Å². The smallest absolute Gasteiger partial charge is 0.212 e. The third kappa shape index (κ3) is 4.66. The van der Waals surface area contributed by atoms with Gasteiger partial charge >= 0.3 is 0 Å². The van der Waals surface area contributed by atoms with Crippen LogP contribution in [0, 0.1) is 0 Å². The summed E-state index contributed by atoms with van der Waals surface area (Å²) < 4.78 is 27.3. The van der Waals surface area contributed by atoms with E-state index in [9.17, 15) is 13.5 Å². The monoisotopic (exact) mass is 319 g/mol. The Labute approximate surface area is 131 Å². The largest absolute Gasteiger partial charge is 0.394 e. The lowest BCUT2D eigenvalue weighted by Gasteiger charge is -2.19. The van der Waals surface area contributed by atoms with Crippen LogP contribution in [0.4, 0.5) is 0 Å². The zero-order valence-electron chi connectivity index (χ0n) is 12.5. The van der Waals surface area contributed by atoms with Crippen molar-refractivity contribution in [2.45, 2.75) is 18.9 Å². The first-order chi connectivity index (χ1) is 10.5. The molecule has 0 radical (unpaired) electrons. The van der Waals surface area contributed by atoms with Gasteiger partial charge in [0.05, 0.1) is 18.4 Å². The van der Waals surface area contributed by atoms with E-state index in [0.717, 1.165) is 11.1 Å². The van der Waals surface area contributed by atoms with Gasteiger partial charge in [-0.15, -0.1) is 0 Å². The number of hydrogen-bond donors (Lipinski definition) is 2. The minimum absolute atomic E-state index is 0.0135. The van der Waals surface area contributed by atoms with E-state index in [-0.39, 0.29) is 18.3 Å². The maximum Gasteiger partial charge on any atom is 0.212 e. The Hall–Kier alpha value is -1.69. The fourth-order valence-electron chi connectivity index (χ4n) is 2.37. The van der Waals surface area contributed by atoms with E-state index >= 15 is 0 Å². The quantitative estimate of drug-likeness (QED) is 0.824. The van der Waals surface area contributed by atoms with Gasteiger partial charge in [-0.05, 0) is 17.0 Å². The average molecular weight is 319 g/mol. The second-order valence-electron chi connectivity index (χ2n) is 5.36. The van der Waals surface area contributed by atoms with Crippen molar-refractivity contribution in [3.63, 3.8) is 0 Å². The van der Waals surface area contributed by atoms with Crippen LogP contribution >= 0.6 is 0 Å². The van der Waals surface area contributed by atoms with Crippen molar-refractivity contribution in [3.8, 4) is 0 Å². The maximum absolute atomic E-state index is 12.3. The van der Waals surface area contributed by atoms with Gasteiger partial charge < -0.3 is 5.11 Å². The fourth-order valence-corrected chi connectivity index (χ4v) is 3.96. The predicted molar refractivity (Wildman–Crippen MR) is 88.0 cm³/mol. The normalized spacial score (nSPS) is 14.5. The van der Waals surface area contributed by atoms with E-state index in [0.29, 0.717) is 0 Å². The molecule has 4 nitrogen and oxygen atoms in total. The summed E-state index contributed by atoms with van der Waals surface area (Å²) in [7, 11) is -3.50. The standard InChI is InChI=1S/C17H21NO3S/c1-14(15-8-4-2-5-9-15)13-22(20,21)18-17(12-19)16-10-6-3-7-11-16/h2-11,14,17-19H,12-13H2,1H3. The number of aliphatic hydroxyl groups is 1. The lowest BCUT2D eigenvalue weighted by atomic mass is 10.0. The molecule has 0 aromatic heterocycles. The third-order valence-corrected chi connectivity index (χ3v) is 5.13. The summed E-state index contributed by atoms with van der Waals surface area (Å²) in [5, 5.41) is 9.47. The van der Waals surface area contributed by atoms with Crippen molar-refractivity contribution in [2.75, 3.05) is 12.4 Å². The van der Waals surface area contributed by atoms with Gasteiger partial charge in [0.15, 0.2) is 0 Å². The summed E-state index contributed by atoms with van der Waals surface area (Å²) in [6.07, 6.45) is 0. The fraction of sp³-hybridized carbons (Fsp3) is 0.294. The van der Waals surface area contributed by atoms with Crippen molar-refractivity contribution >= 4 is 10.0 Å². The Morgan fingerprint density at radius 1 is 0.955 bits per heavy atom. The van der Waals surface area contributed by atoms with E-state index in [2.05, 4.69) is 4.72 Å². The second kappa shape index (κ2) is 7.54. The Bertz CT molecular complexity index is 672. The van der Waals surface area contributed by atoms with E-state index in [1.54, 1.807) is 12.1 Å². The summed E-state index contributed by atoms with van der Waals surface area (Å²) >= 11 is 0. The SMILES string of the molecule is CC(CS(=O)(=O)NC(CO)c1ccccc1)c1ccccc1. The average Bonchev–Trinajstić information content (AvgIpc) is 2.54. The highest BCUT2D eigenvalue weighted by Crippen LogP contribution is 2.18. The van der Waals surface area contributed by atoms with Crippen LogP contribution in [0.3, 0.4) is 0 Å². The van der Waals surface area contributed by atoms with E-state index in [4.69, 9.17) is 0 Å². The van der Waals surface area contributed by atoms with Gasteiger partial charge in [-0.1, -0.05) is 67.6 Å². The summed E-state index contributed by atoms with van der Waals surface area (Å²) in [5.41, 5.74) is 1.73. The third-order valence-electron chi connectivity index (χ3n) is 3.54. The number of aliphatic hydroxyl groups excluding tert-OH is 1. The van der Waals surface area contributed by atoms with Crippen LogP contribution in [0.2, 0.25) is 0 Å². The maximum atomic E-state index is 12.3. The minimum atomic E-state index is -3.50. The van der Waals surface area contributed by atoms with Crippen molar-refractivity contribution < 1.29 is 13.5 Å². The molecule has 0 aliphatic carbocycles. The molecule has 2 unspecified atom stereocenters. The summed E-state index contributed by atoms with van der Waals surface area (Å²) in [6, 6.07) is 18.0. The number of hydrogen-bond acceptors (Lipinski definition) is 3. The van der Waals surface area contributed by atoms with Gasteiger partial charge in [-0.25, -0.2) is 13.1 Å². The van der Waals surface area contributed by atoms with Crippen molar-refractivity contribution in [3.05, 3.63) is 71.8 Å². The summed E-state index contributed by atoms with van der Waals surface area (Å²) in [6.45, 7) is 1.61. The highest BCUT2D eigenvalue weighted by molar-refractivity contribution is 7.89. The molecule has 2 N–H and O–H groups in total. The molecule has 0 aliphatic rings. The second-order valence-corrected chi connectivity index (χ2v) is 7.16. The van der Waals surface area contributed by atoms with Crippen LogP contribution < -0.4 is 4.72 Å². The van der Waals surface area contributed by atoms with Crippen LogP contribution in [0.1, 0.15) is 30.0 Å². The molecule has 2 atom stereocenters. The Morgan fingerprint density at radius 2 is 1.45 bits per heavy atom. The lowest BCUT2D eigenvalue weighted by Crippen LogP contribution is -2.34. The highest BCUT2D eigenvalue weighted by atomic mass is 32.2. The first kappa shape index (κ1) is 16.7.